The van der Waals surface area contributed by atoms with Gasteiger partial charge in [0.2, 0.25) is 0 Å². The van der Waals surface area contributed by atoms with Gasteiger partial charge in [0.1, 0.15) is 11.2 Å². The molecule has 2 heterocycles. The fourth-order valence-corrected chi connectivity index (χ4v) is 5.84. The Kier molecular flexibility index (Phi) is 7.17. The van der Waals surface area contributed by atoms with E-state index in [1.54, 1.807) is 0 Å². The molecule has 37 heavy (non-hydrogen) atoms. The van der Waals surface area contributed by atoms with Crippen molar-refractivity contribution in [3.8, 4) is 11.1 Å². The minimum atomic E-state index is 0.226. The van der Waals surface area contributed by atoms with E-state index in [0.29, 0.717) is 5.92 Å². The molecule has 1 aliphatic heterocycles. The second kappa shape index (κ2) is 10.5. The van der Waals surface area contributed by atoms with Gasteiger partial charge in [0, 0.05) is 16.3 Å². The Labute approximate surface area is 221 Å². The van der Waals surface area contributed by atoms with Crippen molar-refractivity contribution in [2.45, 2.75) is 53.0 Å². The van der Waals surface area contributed by atoms with E-state index in [2.05, 4.69) is 107 Å². The highest BCUT2D eigenvalue weighted by atomic mass is 16.3. The number of benzene rings is 3. The molecule has 2 atom stereocenters. The van der Waals surface area contributed by atoms with Crippen molar-refractivity contribution in [3.63, 3.8) is 0 Å². The molecule has 0 bridgehead atoms. The number of hydrogen-bond acceptors (Lipinski definition) is 3. The molecule has 0 saturated heterocycles. The highest BCUT2D eigenvalue weighted by molar-refractivity contribution is 6.20. The van der Waals surface area contributed by atoms with E-state index in [1.165, 1.54) is 16.7 Å². The topological polar surface area (TPSA) is 28.7 Å². The van der Waals surface area contributed by atoms with Gasteiger partial charge in [0.15, 0.2) is 0 Å². The van der Waals surface area contributed by atoms with Crippen molar-refractivity contribution >= 4 is 27.7 Å². The van der Waals surface area contributed by atoms with Crippen LogP contribution in [-0.2, 0) is 6.42 Å². The molecule has 5 rings (SSSR count). The molecule has 0 aliphatic carbocycles. The molecule has 0 spiro atoms. The zero-order chi connectivity index (χ0) is 26.1. The number of likely N-dealkylation sites (N-methyl/N-ethyl adjacent to an activating group) is 1. The smallest absolute Gasteiger partial charge is 0.145 e. The van der Waals surface area contributed by atoms with Crippen LogP contribution in [-0.4, -0.2) is 30.2 Å². The number of aryl methyl sites for hydroxylation is 1. The lowest BCUT2D eigenvalue weighted by Crippen LogP contribution is -2.39. The summed E-state index contributed by atoms with van der Waals surface area (Å²) in [6.07, 6.45) is 5.39. The van der Waals surface area contributed by atoms with Crippen LogP contribution in [0.25, 0.3) is 33.1 Å². The average molecular weight is 491 g/mol. The third kappa shape index (κ3) is 4.81. The van der Waals surface area contributed by atoms with Gasteiger partial charge in [-0.05, 0) is 81.1 Å². The largest absolute Gasteiger partial charge is 0.455 e. The van der Waals surface area contributed by atoms with E-state index in [9.17, 15) is 0 Å². The number of fused-ring (bicyclic) bond motifs is 5. The Hall–Kier alpha value is -3.43. The zero-order valence-electron chi connectivity index (χ0n) is 22.8. The number of allylic oxidation sites excluding steroid dienone is 2. The lowest BCUT2D eigenvalue weighted by atomic mass is 9.87. The van der Waals surface area contributed by atoms with Crippen LogP contribution in [0.5, 0.6) is 0 Å². The average Bonchev–Trinajstić information content (AvgIpc) is 3.29. The Morgan fingerprint density at radius 2 is 1.78 bits per heavy atom. The number of nitrogens with zero attached hydrogens (tertiary/aromatic N) is 2. The molecular formula is C34H38N2O. The van der Waals surface area contributed by atoms with E-state index < -0.39 is 0 Å². The van der Waals surface area contributed by atoms with Gasteiger partial charge in [0.25, 0.3) is 0 Å². The molecule has 0 N–H and O–H groups in total. The Morgan fingerprint density at radius 1 is 1.03 bits per heavy atom. The monoisotopic (exact) mass is 490 g/mol. The van der Waals surface area contributed by atoms with Crippen LogP contribution >= 0.6 is 0 Å². The first kappa shape index (κ1) is 25.2. The fourth-order valence-electron chi connectivity index (χ4n) is 5.84. The lowest BCUT2D eigenvalue weighted by molar-refractivity contribution is 0.200. The van der Waals surface area contributed by atoms with Crippen LogP contribution < -0.4 is 0 Å². The summed E-state index contributed by atoms with van der Waals surface area (Å²) in [7, 11) is 2.20. The van der Waals surface area contributed by atoms with Crippen molar-refractivity contribution in [1.29, 1.82) is 0 Å². The number of furan rings is 1. The Morgan fingerprint density at radius 3 is 2.49 bits per heavy atom. The molecule has 0 saturated carbocycles. The highest BCUT2D eigenvalue weighted by Gasteiger charge is 2.29. The third-order valence-corrected chi connectivity index (χ3v) is 7.85. The highest BCUT2D eigenvalue weighted by Crippen LogP contribution is 2.38. The summed E-state index contributed by atoms with van der Waals surface area (Å²) < 4.78 is 6.70. The van der Waals surface area contributed by atoms with E-state index in [1.807, 2.05) is 6.07 Å². The first-order chi connectivity index (χ1) is 17.9. The lowest BCUT2D eigenvalue weighted by Gasteiger charge is -2.33. The minimum Gasteiger partial charge on any atom is -0.455 e. The normalized spacial score (nSPS) is 18.3. The van der Waals surface area contributed by atoms with Crippen molar-refractivity contribution in [2.24, 2.45) is 10.9 Å². The van der Waals surface area contributed by atoms with Crippen LogP contribution in [0, 0.1) is 5.92 Å². The van der Waals surface area contributed by atoms with Crippen LogP contribution in [0.3, 0.4) is 0 Å². The van der Waals surface area contributed by atoms with Crippen LogP contribution in [0.1, 0.15) is 51.7 Å². The molecule has 3 nitrogen and oxygen atoms in total. The first-order valence-electron chi connectivity index (χ1n) is 13.6. The van der Waals surface area contributed by atoms with Gasteiger partial charge in [0.05, 0.1) is 17.5 Å². The molecule has 4 aromatic rings. The van der Waals surface area contributed by atoms with Gasteiger partial charge in [-0.3, -0.25) is 9.89 Å². The summed E-state index contributed by atoms with van der Waals surface area (Å²) in [6.45, 7) is 14.3. The molecule has 3 aromatic carbocycles. The first-order valence-corrected chi connectivity index (χ1v) is 13.6. The molecule has 0 radical (unpaired) electrons. The van der Waals surface area contributed by atoms with Gasteiger partial charge >= 0.3 is 0 Å². The summed E-state index contributed by atoms with van der Waals surface area (Å²) in [5.74, 6) is 0.500. The van der Waals surface area contributed by atoms with E-state index >= 15 is 0 Å². The summed E-state index contributed by atoms with van der Waals surface area (Å²) in [5, 5.41) is 2.28. The summed E-state index contributed by atoms with van der Waals surface area (Å²) in [6, 6.07) is 21.8. The van der Waals surface area contributed by atoms with Crippen LogP contribution in [0.4, 0.5) is 0 Å². The number of hydrogen-bond donors (Lipinski definition) is 0. The molecule has 0 fully saturated rings. The second-order valence-corrected chi connectivity index (χ2v) is 10.6. The predicted octanol–water partition coefficient (Wildman–Crippen LogP) is 8.81. The van der Waals surface area contributed by atoms with Gasteiger partial charge < -0.3 is 4.42 Å². The van der Waals surface area contributed by atoms with Crippen LogP contribution in [0.15, 0.2) is 94.0 Å². The zero-order valence-corrected chi connectivity index (χ0v) is 22.8. The van der Waals surface area contributed by atoms with E-state index in [4.69, 9.17) is 9.41 Å². The van der Waals surface area contributed by atoms with Crippen molar-refractivity contribution in [1.82, 2.24) is 4.90 Å². The molecule has 190 valence electrons. The molecule has 0 amide bonds. The molecule has 1 aromatic heterocycles. The van der Waals surface area contributed by atoms with E-state index in [-0.39, 0.29) is 6.04 Å². The van der Waals surface area contributed by atoms with Gasteiger partial charge in [-0.1, -0.05) is 81.0 Å². The Bertz CT molecular complexity index is 1500. The van der Waals surface area contributed by atoms with E-state index in [0.717, 1.165) is 70.3 Å². The molecule has 2 unspecified atom stereocenters. The van der Waals surface area contributed by atoms with Crippen molar-refractivity contribution in [3.05, 3.63) is 95.7 Å². The third-order valence-electron chi connectivity index (χ3n) is 7.85. The second-order valence-electron chi connectivity index (χ2n) is 10.6. The molecule has 3 heteroatoms. The summed E-state index contributed by atoms with van der Waals surface area (Å²) in [5.41, 5.74) is 9.72. The van der Waals surface area contributed by atoms with Crippen molar-refractivity contribution in [2.75, 3.05) is 13.6 Å². The van der Waals surface area contributed by atoms with Gasteiger partial charge in [-0.15, -0.1) is 0 Å². The molecule has 1 aliphatic rings. The summed E-state index contributed by atoms with van der Waals surface area (Å²) in [4.78, 5) is 7.66. The Balaban J connectivity index is 1.74. The number of rotatable bonds is 5. The van der Waals surface area contributed by atoms with Gasteiger partial charge in [-0.2, -0.15) is 0 Å². The van der Waals surface area contributed by atoms with Crippen molar-refractivity contribution < 1.29 is 4.42 Å². The standard InChI is InChI=1S/C34H38N2O/c1-7-24-14-15-26-16-19-29-28-18-17-27(25-12-10-9-11-13-25)21-31(28)37-34(29)32(26)30(20-22(3)4)35-23(5)33(24)36(6)8-2/h9-13,16-21,24,33H,5,7-8,14-15H2,1-4,6H3. The summed E-state index contributed by atoms with van der Waals surface area (Å²) >= 11 is 0. The maximum absolute atomic E-state index is 6.70. The SMILES string of the molecule is C=C1N=C(C=C(C)C)c2c(ccc3c2oc2cc(-c4ccccc4)ccc23)CCC(CC)C1N(C)CC. The van der Waals surface area contributed by atoms with Crippen LogP contribution in [0.2, 0.25) is 0 Å². The predicted molar refractivity (Wildman–Crippen MR) is 158 cm³/mol. The quantitative estimate of drug-likeness (QED) is 0.280. The number of aliphatic imine (C=N–C) groups is 1. The fraction of sp³-hybridized carbons (Fsp3) is 0.324. The maximum atomic E-state index is 6.70. The maximum Gasteiger partial charge on any atom is 0.145 e. The minimum absolute atomic E-state index is 0.226. The van der Waals surface area contributed by atoms with Gasteiger partial charge in [-0.25, -0.2) is 0 Å². The molecular weight excluding hydrogens is 452 g/mol.